The van der Waals surface area contributed by atoms with Crippen LogP contribution in [0.4, 0.5) is 0 Å². The second kappa shape index (κ2) is 5.33. The Morgan fingerprint density at radius 2 is 2.00 bits per heavy atom. The Bertz CT molecular complexity index is 272. The van der Waals surface area contributed by atoms with E-state index in [0.29, 0.717) is 25.7 Å². The molecule has 5 heteroatoms. The molecular weight excluding hydrogens is 222 g/mol. The first-order valence-corrected chi connectivity index (χ1v) is 6.20. The maximum Gasteiger partial charge on any atom is 0.315 e. The summed E-state index contributed by atoms with van der Waals surface area (Å²) in [6.45, 7) is 3.91. The summed E-state index contributed by atoms with van der Waals surface area (Å²) in [5.41, 5.74) is -0.667. The molecule has 0 bridgehead atoms. The number of hydrogen-bond donors (Lipinski definition) is 1. The molecule has 0 spiro atoms. The molecule has 0 aromatic rings. The molecule has 2 rings (SSSR count). The van der Waals surface area contributed by atoms with Crippen molar-refractivity contribution in [1.29, 1.82) is 0 Å². The summed E-state index contributed by atoms with van der Waals surface area (Å²) >= 11 is 0. The highest BCUT2D eigenvalue weighted by molar-refractivity contribution is 5.76. The summed E-state index contributed by atoms with van der Waals surface area (Å²) in [4.78, 5) is 13.3. The second-order valence-electron chi connectivity index (χ2n) is 5.33. The van der Waals surface area contributed by atoms with Crippen molar-refractivity contribution < 1.29 is 19.4 Å². The largest absolute Gasteiger partial charge is 0.481 e. The molecule has 0 aromatic carbocycles. The van der Waals surface area contributed by atoms with Crippen molar-refractivity contribution in [3.63, 3.8) is 0 Å². The molecular formula is C12H21NO4. The fraction of sp³-hybridized carbons (Fsp3) is 0.917. The lowest BCUT2D eigenvalue weighted by molar-refractivity contribution is -0.183. The molecule has 2 saturated heterocycles. The Labute approximate surface area is 102 Å². The predicted molar refractivity (Wildman–Crippen MR) is 61.9 cm³/mol. The average molecular weight is 243 g/mol. The van der Waals surface area contributed by atoms with Crippen LogP contribution in [0.3, 0.4) is 0 Å². The number of nitrogens with zero attached hydrogens (tertiary/aromatic N) is 1. The first-order valence-electron chi connectivity index (χ1n) is 6.20. The molecule has 2 fully saturated rings. The molecule has 0 saturated carbocycles. The molecule has 2 heterocycles. The number of hydrogen-bond acceptors (Lipinski definition) is 4. The fourth-order valence-electron chi connectivity index (χ4n) is 2.58. The Morgan fingerprint density at radius 3 is 2.47 bits per heavy atom. The topological polar surface area (TPSA) is 59.0 Å². The van der Waals surface area contributed by atoms with Crippen LogP contribution >= 0.6 is 0 Å². The van der Waals surface area contributed by atoms with Gasteiger partial charge in [0.25, 0.3) is 0 Å². The summed E-state index contributed by atoms with van der Waals surface area (Å²) in [5.74, 6) is -0.0943. The van der Waals surface area contributed by atoms with Gasteiger partial charge in [0, 0.05) is 26.3 Å². The highest BCUT2D eigenvalue weighted by Gasteiger charge is 2.47. The number of carboxylic acid groups (broad SMARTS) is 1. The molecule has 0 amide bonds. The first-order chi connectivity index (χ1) is 8.12. The van der Waals surface area contributed by atoms with E-state index in [1.807, 2.05) is 7.05 Å². The van der Waals surface area contributed by atoms with Gasteiger partial charge in [-0.2, -0.15) is 0 Å². The molecule has 0 aliphatic carbocycles. The van der Waals surface area contributed by atoms with E-state index in [4.69, 9.17) is 9.47 Å². The van der Waals surface area contributed by atoms with Gasteiger partial charge in [0.15, 0.2) is 0 Å². The molecule has 17 heavy (non-hydrogen) atoms. The van der Waals surface area contributed by atoms with Crippen molar-refractivity contribution in [2.75, 3.05) is 46.6 Å². The highest BCUT2D eigenvalue weighted by Crippen LogP contribution is 2.29. The minimum Gasteiger partial charge on any atom is -0.481 e. The van der Waals surface area contributed by atoms with Gasteiger partial charge in [0.1, 0.15) is 5.41 Å². The van der Waals surface area contributed by atoms with Gasteiger partial charge in [0.2, 0.25) is 0 Å². The summed E-state index contributed by atoms with van der Waals surface area (Å²) in [7, 11) is 2.00. The van der Waals surface area contributed by atoms with Crippen molar-refractivity contribution in [2.24, 2.45) is 11.3 Å². The van der Waals surface area contributed by atoms with E-state index < -0.39 is 11.4 Å². The normalized spacial score (nSPS) is 24.6. The molecule has 1 N–H and O–H groups in total. The van der Waals surface area contributed by atoms with Gasteiger partial charge in [-0.3, -0.25) is 4.79 Å². The molecule has 5 nitrogen and oxygen atoms in total. The quantitative estimate of drug-likeness (QED) is 0.759. The van der Waals surface area contributed by atoms with Crippen molar-refractivity contribution >= 4 is 5.97 Å². The maximum absolute atomic E-state index is 11.2. The Hall–Kier alpha value is -0.650. The minimum absolute atomic E-state index is 0.348. The average Bonchev–Trinajstić information content (AvgIpc) is 2.24. The van der Waals surface area contributed by atoms with Crippen LogP contribution in [-0.2, 0) is 14.3 Å². The van der Waals surface area contributed by atoms with Crippen molar-refractivity contribution in [3.05, 3.63) is 0 Å². The first kappa shape index (κ1) is 12.8. The van der Waals surface area contributed by atoms with Crippen LogP contribution in [0.25, 0.3) is 0 Å². The third kappa shape index (κ3) is 2.97. The molecule has 0 aromatic heterocycles. The summed E-state index contributed by atoms with van der Waals surface area (Å²) in [6.07, 6.45) is 2.17. The smallest absolute Gasteiger partial charge is 0.315 e. The Morgan fingerprint density at radius 1 is 1.35 bits per heavy atom. The van der Waals surface area contributed by atoms with Gasteiger partial charge in [-0.1, -0.05) is 0 Å². The maximum atomic E-state index is 11.2. The van der Waals surface area contributed by atoms with E-state index in [2.05, 4.69) is 4.90 Å². The number of carbonyl (C=O) groups is 1. The Balaban J connectivity index is 1.79. The molecule has 2 aliphatic heterocycles. The zero-order valence-corrected chi connectivity index (χ0v) is 10.4. The monoisotopic (exact) mass is 243 g/mol. The van der Waals surface area contributed by atoms with Gasteiger partial charge in [-0.15, -0.1) is 0 Å². The molecule has 0 radical (unpaired) electrons. The van der Waals surface area contributed by atoms with Gasteiger partial charge >= 0.3 is 5.97 Å². The number of ether oxygens (including phenoxy) is 2. The lowest BCUT2D eigenvalue weighted by Crippen LogP contribution is -2.55. The number of carboxylic acids is 1. The van der Waals surface area contributed by atoms with E-state index in [1.54, 1.807) is 0 Å². The molecule has 2 aliphatic rings. The summed E-state index contributed by atoms with van der Waals surface area (Å²) in [6, 6.07) is 0. The van der Waals surface area contributed by atoms with Crippen molar-refractivity contribution in [1.82, 2.24) is 4.90 Å². The zero-order valence-electron chi connectivity index (χ0n) is 10.4. The molecule has 98 valence electrons. The van der Waals surface area contributed by atoms with Crippen LogP contribution in [0.5, 0.6) is 0 Å². The second-order valence-corrected chi connectivity index (χ2v) is 5.33. The number of aliphatic carboxylic acids is 1. The van der Waals surface area contributed by atoms with E-state index in [9.17, 15) is 9.90 Å². The van der Waals surface area contributed by atoms with E-state index >= 15 is 0 Å². The van der Waals surface area contributed by atoms with Crippen LogP contribution in [0.1, 0.15) is 12.8 Å². The van der Waals surface area contributed by atoms with Crippen molar-refractivity contribution in [3.8, 4) is 0 Å². The van der Waals surface area contributed by atoms with Gasteiger partial charge in [-0.25, -0.2) is 0 Å². The lowest BCUT2D eigenvalue weighted by Gasteiger charge is -2.40. The predicted octanol–water partition coefficient (Wildman–Crippen LogP) is 0.446. The third-order valence-corrected chi connectivity index (χ3v) is 3.69. The molecule has 0 unspecified atom stereocenters. The van der Waals surface area contributed by atoms with E-state index in [0.717, 1.165) is 32.6 Å². The van der Waals surface area contributed by atoms with Crippen LogP contribution in [0.15, 0.2) is 0 Å². The molecule has 0 atom stereocenters. The Kier molecular flexibility index (Phi) is 4.01. The minimum atomic E-state index is -0.734. The third-order valence-electron chi connectivity index (χ3n) is 3.69. The SMILES string of the molecule is CN(CC1CCOCC1)CC1(C(=O)O)COC1. The zero-order chi connectivity index (χ0) is 12.3. The van der Waals surface area contributed by atoms with Crippen LogP contribution in [0, 0.1) is 11.3 Å². The van der Waals surface area contributed by atoms with E-state index in [-0.39, 0.29) is 0 Å². The summed E-state index contributed by atoms with van der Waals surface area (Å²) in [5, 5.41) is 9.21. The van der Waals surface area contributed by atoms with Crippen molar-refractivity contribution in [2.45, 2.75) is 12.8 Å². The summed E-state index contributed by atoms with van der Waals surface area (Å²) < 4.78 is 10.4. The van der Waals surface area contributed by atoms with Gasteiger partial charge in [0.05, 0.1) is 13.2 Å². The van der Waals surface area contributed by atoms with E-state index in [1.165, 1.54) is 0 Å². The van der Waals surface area contributed by atoms with Crippen LogP contribution < -0.4 is 0 Å². The van der Waals surface area contributed by atoms with Gasteiger partial charge in [-0.05, 0) is 25.8 Å². The van der Waals surface area contributed by atoms with Crippen LogP contribution in [0.2, 0.25) is 0 Å². The standard InChI is InChI=1S/C12H21NO4/c1-13(6-10-2-4-16-5-3-10)7-12(11(14)15)8-17-9-12/h10H,2-9H2,1H3,(H,14,15). The van der Waals surface area contributed by atoms with Crippen LogP contribution in [-0.4, -0.2) is 62.5 Å². The van der Waals surface area contributed by atoms with Gasteiger partial charge < -0.3 is 19.5 Å². The fourth-order valence-corrected chi connectivity index (χ4v) is 2.58. The number of rotatable bonds is 5. The highest BCUT2D eigenvalue weighted by atomic mass is 16.5. The lowest BCUT2D eigenvalue weighted by atomic mass is 9.85.